The highest BCUT2D eigenvalue weighted by Gasteiger charge is 2.30. The van der Waals surface area contributed by atoms with E-state index in [0.717, 1.165) is 22.6 Å². The molecule has 0 spiro atoms. The zero-order chi connectivity index (χ0) is 19.3. The number of alkyl halides is 3. The molecule has 0 aliphatic heterocycles. The Labute approximate surface area is 147 Å². The minimum atomic E-state index is -4.45. The third kappa shape index (κ3) is 5.61. The van der Waals surface area contributed by atoms with Gasteiger partial charge in [0.05, 0.1) is 11.8 Å². The van der Waals surface area contributed by atoms with Gasteiger partial charge in [-0.05, 0) is 29.7 Å². The number of aryl methyl sites for hydroxylation is 2. The van der Waals surface area contributed by atoms with Crippen LogP contribution in [0.25, 0.3) is 0 Å². The smallest absolute Gasteiger partial charge is 0.416 e. The average molecular weight is 369 g/mol. The number of rotatable bonds is 7. The second kappa shape index (κ2) is 8.03. The molecule has 0 radical (unpaired) electrons. The molecule has 0 atom stereocenters. The van der Waals surface area contributed by atoms with Gasteiger partial charge in [-0.1, -0.05) is 12.1 Å². The topological polar surface area (TPSA) is 75.4 Å². The van der Waals surface area contributed by atoms with Crippen LogP contribution in [0.2, 0.25) is 0 Å². The van der Waals surface area contributed by atoms with E-state index in [2.05, 4.69) is 5.10 Å². The van der Waals surface area contributed by atoms with E-state index in [1.807, 2.05) is 0 Å². The molecule has 6 nitrogen and oxygen atoms in total. The molecule has 26 heavy (non-hydrogen) atoms. The minimum absolute atomic E-state index is 0.0731. The number of carboxylic acid groups (broad SMARTS) is 1. The molecule has 1 heterocycles. The quantitative estimate of drug-likeness (QED) is 0.814. The number of aliphatic carboxylic acids is 1. The molecule has 0 unspecified atom stereocenters. The number of amides is 1. The lowest BCUT2D eigenvalue weighted by molar-refractivity contribution is -0.144. The molecule has 140 valence electrons. The van der Waals surface area contributed by atoms with Crippen LogP contribution in [0, 0.1) is 0 Å². The number of halogens is 3. The van der Waals surface area contributed by atoms with Crippen LogP contribution in [-0.4, -0.2) is 38.2 Å². The van der Waals surface area contributed by atoms with Crippen molar-refractivity contribution in [2.75, 3.05) is 6.54 Å². The van der Waals surface area contributed by atoms with Gasteiger partial charge >= 0.3 is 12.1 Å². The fourth-order valence-electron chi connectivity index (χ4n) is 2.43. The van der Waals surface area contributed by atoms with E-state index >= 15 is 0 Å². The highest BCUT2D eigenvalue weighted by molar-refractivity contribution is 5.81. The lowest BCUT2D eigenvalue weighted by atomic mass is 10.1. The number of carbonyl (C=O) groups is 2. The molecule has 1 N–H and O–H groups in total. The number of hydrogen-bond donors (Lipinski definition) is 1. The Morgan fingerprint density at radius 1 is 1.19 bits per heavy atom. The SMILES string of the molecule is Cn1cc(CCC(=O)N(CC(=O)O)Cc2ccc(C(F)(F)F)cc2)cn1. The summed E-state index contributed by atoms with van der Waals surface area (Å²) in [5.41, 5.74) is 0.466. The Morgan fingerprint density at radius 3 is 2.35 bits per heavy atom. The molecule has 0 fully saturated rings. The summed E-state index contributed by atoms with van der Waals surface area (Å²) in [5, 5.41) is 13.0. The zero-order valence-electron chi connectivity index (χ0n) is 14.0. The van der Waals surface area contributed by atoms with E-state index in [1.54, 1.807) is 24.1 Å². The van der Waals surface area contributed by atoms with Crippen LogP contribution in [-0.2, 0) is 35.8 Å². The third-order valence-corrected chi connectivity index (χ3v) is 3.72. The van der Waals surface area contributed by atoms with Crippen LogP contribution in [0.4, 0.5) is 13.2 Å². The normalized spacial score (nSPS) is 11.4. The van der Waals surface area contributed by atoms with Crippen molar-refractivity contribution in [3.8, 4) is 0 Å². The number of aromatic nitrogens is 2. The van der Waals surface area contributed by atoms with E-state index in [1.165, 1.54) is 12.1 Å². The Morgan fingerprint density at radius 2 is 1.85 bits per heavy atom. The number of nitrogens with zero attached hydrogens (tertiary/aromatic N) is 3. The molecule has 2 rings (SSSR count). The van der Waals surface area contributed by atoms with Gasteiger partial charge in [0.25, 0.3) is 0 Å². The Hall–Kier alpha value is -2.84. The van der Waals surface area contributed by atoms with Gasteiger partial charge in [-0.2, -0.15) is 18.3 Å². The van der Waals surface area contributed by atoms with Crippen LogP contribution >= 0.6 is 0 Å². The molecule has 0 saturated carbocycles. The maximum atomic E-state index is 12.6. The summed E-state index contributed by atoms with van der Waals surface area (Å²) in [4.78, 5) is 24.5. The highest BCUT2D eigenvalue weighted by atomic mass is 19.4. The summed E-state index contributed by atoms with van der Waals surface area (Å²) >= 11 is 0. The summed E-state index contributed by atoms with van der Waals surface area (Å²) in [6, 6.07) is 4.31. The second-order valence-electron chi connectivity index (χ2n) is 5.86. The Balaban J connectivity index is 2.03. The minimum Gasteiger partial charge on any atom is -0.480 e. The molecule has 2 aromatic rings. The maximum absolute atomic E-state index is 12.6. The summed E-state index contributed by atoms with van der Waals surface area (Å²) < 4.78 is 39.4. The fourth-order valence-corrected chi connectivity index (χ4v) is 2.43. The van der Waals surface area contributed by atoms with Gasteiger partial charge in [-0.3, -0.25) is 14.3 Å². The van der Waals surface area contributed by atoms with Gasteiger partial charge < -0.3 is 10.0 Å². The largest absolute Gasteiger partial charge is 0.480 e. The molecular weight excluding hydrogens is 351 g/mol. The van der Waals surface area contributed by atoms with E-state index < -0.39 is 30.2 Å². The first-order chi connectivity index (χ1) is 12.1. The van der Waals surface area contributed by atoms with E-state index in [0.29, 0.717) is 12.0 Å². The number of carbonyl (C=O) groups excluding carboxylic acids is 1. The monoisotopic (exact) mass is 369 g/mol. The fraction of sp³-hybridized carbons (Fsp3) is 0.353. The average Bonchev–Trinajstić information content (AvgIpc) is 2.96. The summed E-state index contributed by atoms with van der Waals surface area (Å²) in [7, 11) is 1.74. The molecule has 0 bridgehead atoms. The molecule has 1 aromatic heterocycles. The number of benzene rings is 1. The van der Waals surface area contributed by atoms with Crippen molar-refractivity contribution in [2.24, 2.45) is 7.05 Å². The van der Waals surface area contributed by atoms with Crippen molar-refractivity contribution in [1.82, 2.24) is 14.7 Å². The second-order valence-corrected chi connectivity index (χ2v) is 5.86. The third-order valence-electron chi connectivity index (χ3n) is 3.72. The van der Waals surface area contributed by atoms with Crippen LogP contribution in [0.1, 0.15) is 23.1 Å². The van der Waals surface area contributed by atoms with Gasteiger partial charge in [0, 0.05) is 26.2 Å². The lowest BCUT2D eigenvalue weighted by Gasteiger charge is -2.21. The Bertz CT molecular complexity index is 770. The molecule has 1 amide bonds. The first-order valence-corrected chi connectivity index (χ1v) is 7.78. The summed E-state index contributed by atoms with van der Waals surface area (Å²) in [6.07, 6.45) is -0.594. The van der Waals surface area contributed by atoms with E-state index in [-0.39, 0.29) is 13.0 Å². The van der Waals surface area contributed by atoms with Gasteiger partial charge in [-0.25, -0.2) is 0 Å². The first kappa shape index (κ1) is 19.5. The van der Waals surface area contributed by atoms with Crippen LogP contribution in [0.15, 0.2) is 36.7 Å². The van der Waals surface area contributed by atoms with Gasteiger partial charge in [0.15, 0.2) is 0 Å². The van der Waals surface area contributed by atoms with Crippen molar-refractivity contribution in [3.05, 3.63) is 53.3 Å². The van der Waals surface area contributed by atoms with Crippen LogP contribution < -0.4 is 0 Å². The van der Waals surface area contributed by atoms with Crippen LogP contribution in [0.3, 0.4) is 0 Å². The van der Waals surface area contributed by atoms with Crippen LogP contribution in [0.5, 0.6) is 0 Å². The molecule has 0 aliphatic rings. The molecule has 0 aliphatic carbocycles. The molecule has 9 heteroatoms. The molecular formula is C17H18F3N3O3. The number of carboxylic acids is 1. The lowest BCUT2D eigenvalue weighted by Crippen LogP contribution is -2.35. The van der Waals surface area contributed by atoms with Gasteiger partial charge in [0.2, 0.25) is 5.91 Å². The summed E-state index contributed by atoms with van der Waals surface area (Å²) in [5.74, 6) is -1.58. The van der Waals surface area contributed by atoms with E-state index in [4.69, 9.17) is 5.11 Å². The van der Waals surface area contributed by atoms with Crippen molar-refractivity contribution in [3.63, 3.8) is 0 Å². The maximum Gasteiger partial charge on any atom is 0.416 e. The highest BCUT2D eigenvalue weighted by Crippen LogP contribution is 2.29. The predicted octanol–water partition coefficient (Wildman–Crippen LogP) is 2.48. The number of hydrogen-bond acceptors (Lipinski definition) is 3. The van der Waals surface area contributed by atoms with E-state index in [9.17, 15) is 22.8 Å². The predicted molar refractivity (Wildman–Crippen MR) is 86.0 cm³/mol. The van der Waals surface area contributed by atoms with Crippen molar-refractivity contribution in [2.45, 2.75) is 25.6 Å². The Kier molecular flexibility index (Phi) is 6.01. The first-order valence-electron chi connectivity index (χ1n) is 7.78. The molecule has 0 saturated heterocycles. The standard InChI is InChI=1S/C17H18F3N3O3/c1-22-9-13(8-21-22)4-7-15(24)23(11-16(25)26)10-12-2-5-14(6-3-12)17(18,19)20/h2-3,5-6,8-9H,4,7,10-11H2,1H3,(H,25,26). The van der Waals surface area contributed by atoms with Gasteiger partial charge in [0.1, 0.15) is 6.54 Å². The van der Waals surface area contributed by atoms with Crippen molar-refractivity contribution < 1.29 is 27.9 Å². The summed E-state index contributed by atoms with van der Waals surface area (Å²) in [6.45, 7) is -0.594. The van der Waals surface area contributed by atoms with Crippen molar-refractivity contribution in [1.29, 1.82) is 0 Å². The van der Waals surface area contributed by atoms with Crippen molar-refractivity contribution >= 4 is 11.9 Å². The molecule has 1 aromatic carbocycles. The van der Waals surface area contributed by atoms with Gasteiger partial charge in [-0.15, -0.1) is 0 Å². The zero-order valence-corrected chi connectivity index (χ0v) is 14.0.